The highest BCUT2D eigenvalue weighted by Gasteiger charge is 2.32. The van der Waals surface area contributed by atoms with Crippen LogP contribution in [0.25, 0.3) is 54.6 Å². The van der Waals surface area contributed by atoms with Gasteiger partial charge in [0.05, 0.1) is 11.3 Å². The zero-order valence-corrected chi connectivity index (χ0v) is 23.7. The summed E-state index contributed by atoms with van der Waals surface area (Å²) in [5, 5.41) is 6.26. The fourth-order valence-corrected chi connectivity index (χ4v) is 7.03. The first-order chi connectivity index (χ1) is 18.5. The molecule has 0 fully saturated rings. The third-order valence-corrected chi connectivity index (χ3v) is 8.35. The molecule has 5 aromatic rings. The van der Waals surface area contributed by atoms with E-state index in [9.17, 15) is 9.59 Å². The predicted octanol–water partition coefficient (Wildman–Crippen LogP) is 8.75. The Hall–Kier alpha value is -3.96. The van der Waals surface area contributed by atoms with E-state index in [1.165, 1.54) is 6.08 Å². The average Bonchev–Trinajstić information content (AvgIpc) is 2.90. The molecule has 0 amide bonds. The van der Waals surface area contributed by atoms with Gasteiger partial charge in [-0.15, -0.1) is 11.3 Å². The van der Waals surface area contributed by atoms with Crippen molar-refractivity contribution in [2.24, 2.45) is 5.41 Å². The van der Waals surface area contributed by atoms with Gasteiger partial charge in [-0.3, -0.25) is 4.79 Å². The number of rotatable bonds is 9. The monoisotopic (exact) mass is 536 g/mol. The third-order valence-electron chi connectivity index (χ3n) is 7.13. The normalized spacial score (nSPS) is 12.3. The van der Waals surface area contributed by atoms with Crippen molar-refractivity contribution in [1.82, 2.24) is 0 Å². The van der Waals surface area contributed by atoms with E-state index in [4.69, 9.17) is 9.47 Å². The second-order valence-electron chi connectivity index (χ2n) is 11.3. The highest BCUT2D eigenvalue weighted by Crippen LogP contribution is 2.46. The molecule has 0 spiro atoms. The van der Waals surface area contributed by atoms with E-state index in [0.29, 0.717) is 23.8 Å². The van der Waals surface area contributed by atoms with Crippen LogP contribution < -0.4 is 10.2 Å². The summed E-state index contributed by atoms with van der Waals surface area (Å²) in [7, 11) is 0. The molecule has 0 unspecified atom stereocenters. The minimum atomic E-state index is -0.685. The van der Waals surface area contributed by atoms with Crippen molar-refractivity contribution in [3.63, 3.8) is 0 Å². The molecule has 1 heterocycles. The lowest BCUT2D eigenvalue weighted by molar-refractivity contribution is -0.153. The molecule has 0 aliphatic rings. The maximum atomic E-state index is 13.5. The summed E-state index contributed by atoms with van der Waals surface area (Å²) >= 11 is 1.59. The maximum absolute atomic E-state index is 13.5. The Morgan fingerprint density at radius 2 is 1.59 bits per heavy atom. The fraction of sp³-hybridized carbons (Fsp3) is 0.235. The molecule has 39 heavy (non-hydrogen) atoms. The van der Waals surface area contributed by atoms with Crippen LogP contribution in [0.5, 0.6) is 5.75 Å². The summed E-state index contributed by atoms with van der Waals surface area (Å²) < 4.78 is 13.2. The van der Waals surface area contributed by atoms with E-state index >= 15 is 0 Å². The molecule has 5 heteroatoms. The molecule has 4 aromatic carbocycles. The largest absolute Gasteiger partial charge is 0.492 e. The molecule has 0 saturated carbocycles. The summed E-state index contributed by atoms with van der Waals surface area (Å²) in [6, 6.07) is 13.8. The van der Waals surface area contributed by atoms with Crippen molar-refractivity contribution in [1.29, 1.82) is 0 Å². The number of fused-ring (bicyclic) bond motifs is 2. The van der Waals surface area contributed by atoms with Gasteiger partial charge in [0.2, 0.25) is 0 Å². The van der Waals surface area contributed by atoms with Gasteiger partial charge in [0.15, 0.2) is 5.43 Å². The van der Waals surface area contributed by atoms with Gasteiger partial charge in [-0.25, -0.2) is 4.79 Å². The summed E-state index contributed by atoms with van der Waals surface area (Å²) in [5.41, 5.74) is 0.0283. The van der Waals surface area contributed by atoms with Crippen LogP contribution in [0.2, 0.25) is 0 Å². The maximum Gasteiger partial charge on any atom is 0.330 e. The van der Waals surface area contributed by atoms with Crippen LogP contribution in [0.3, 0.4) is 0 Å². The summed E-state index contributed by atoms with van der Waals surface area (Å²) in [6.07, 6.45) is 5.47. The molecule has 5 rings (SSSR count). The summed E-state index contributed by atoms with van der Waals surface area (Å²) in [4.78, 5) is 26.4. The van der Waals surface area contributed by atoms with Gasteiger partial charge in [0, 0.05) is 37.9 Å². The van der Waals surface area contributed by atoms with E-state index in [1.807, 2.05) is 62.4 Å². The quantitative estimate of drug-likeness (QED) is 0.0818. The molecule has 0 radical (unpaired) electrons. The van der Waals surface area contributed by atoms with E-state index in [2.05, 4.69) is 39.7 Å². The van der Waals surface area contributed by atoms with Crippen LogP contribution in [-0.2, 0) is 9.53 Å². The van der Waals surface area contributed by atoms with Crippen LogP contribution in [0.15, 0.2) is 73.1 Å². The lowest BCUT2D eigenvalue weighted by atomic mass is 9.82. The van der Waals surface area contributed by atoms with Crippen molar-refractivity contribution >= 4 is 71.9 Å². The van der Waals surface area contributed by atoms with Gasteiger partial charge < -0.3 is 9.47 Å². The zero-order valence-electron chi connectivity index (χ0n) is 22.9. The van der Waals surface area contributed by atoms with E-state index in [1.54, 1.807) is 11.3 Å². The fourth-order valence-electron chi connectivity index (χ4n) is 5.89. The van der Waals surface area contributed by atoms with Gasteiger partial charge >= 0.3 is 5.97 Å². The number of hydrogen-bond acceptors (Lipinski definition) is 5. The Morgan fingerprint density at radius 3 is 2.26 bits per heavy atom. The Balaban J connectivity index is 1.72. The first kappa shape index (κ1) is 26.6. The number of carbonyl (C=O) groups is 1. The van der Waals surface area contributed by atoms with Crippen LogP contribution in [-0.4, -0.2) is 18.2 Å². The number of benzene rings is 4. The standard InChI is InChI=1S/C34H32O4S/c1-8-20-22-15-16-24-29-25(21-13-11-12-14-23(21)31(24)36)17-26(32(30(22)29)39-27(20)9-2)37-19-33(4,5)18-34(6,7)38-28(35)10-3/h8-17H,1-3,18-19H2,4-7H3. The van der Waals surface area contributed by atoms with Crippen molar-refractivity contribution < 1.29 is 14.3 Å². The van der Waals surface area contributed by atoms with Crippen LogP contribution in [0, 0.1) is 5.41 Å². The smallest absolute Gasteiger partial charge is 0.330 e. The number of esters is 1. The number of hydrogen-bond donors (Lipinski definition) is 0. The Labute approximate surface area is 232 Å². The van der Waals surface area contributed by atoms with Gasteiger partial charge in [0.25, 0.3) is 0 Å². The number of carbonyl (C=O) groups excluding carboxylic acids is 1. The van der Waals surface area contributed by atoms with Crippen molar-refractivity contribution in [2.45, 2.75) is 39.7 Å². The van der Waals surface area contributed by atoms with Gasteiger partial charge in [-0.1, -0.05) is 76.1 Å². The van der Waals surface area contributed by atoms with Gasteiger partial charge in [0.1, 0.15) is 11.4 Å². The molecule has 0 saturated heterocycles. The first-order valence-electron chi connectivity index (χ1n) is 12.9. The lowest BCUT2D eigenvalue weighted by Crippen LogP contribution is -2.36. The van der Waals surface area contributed by atoms with E-state index < -0.39 is 11.6 Å². The molecule has 198 valence electrons. The molecular weight excluding hydrogens is 504 g/mol. The topological polar surface area (TPSA) is 52.6 Å². The van der Waals surface area contributed by atoms with Crippen LogP contribution in [0.4, 0.5) is 0 Å². The van der Waals surface area contributed by atoms with Crippen molar-refractivity contribution in [3.8, 4) is 5.75 Å². The second kappa shape index (κ2) is 9.65. The minimum absolute atomic E-state index is 0.0327. The molecule has 0 bridgehead atoms. The molecule has 0 N–H and O–H groups in total. The van der Waals surface area contributed by atoms with E-state index in [0.717, 1.165) is 47.8 Å². The SMILES string of the molecule is C=CC(=O)OC(C)(C)CC(C)(C)COc1cc2c3ccccc3c(=O)c3ccc4c(C=C)c(C=C)sc1c4c32. The molecule has 0 atom stereocenters. The minimum Gasteiger partial charge on any atom is -0.492 e. The Bertz CT molecular complexity index is 1860. The second-order valence-corrected chi connectivity index (χ2v) is 12.4. The lowest BCUT2D eigenvalue weighted by Gasteiger charge is -2.34. The Morgan fingerprint density at radius 1 is 0.897 bits per heavy atom. The average molecular weight is 537 g/mol. The van der Waals surface area contributed by atoms with Crippen LogP contribution >= 0.6 is 11.3 Å². The van der Waals surface area contributed by atoms with Gasteiger partial charge in [-0.05, 0) is 54.1 Å². The predicted molar refractivity (Wildman–Crippen MR) is 166 cm³/mol. The van der Waals surface area contributed by atoms with E-state index in [-0.39, 0.29) is 10.8 Å². The molecule has 1 aromatic heterocycles. The molecule has 0 aliphatic carbocycles. The molecular formula is C34H32O4S. The summed E-state index contributed by atoms with van der Waals surface area (Å²) in [6.45, 7) is 20.0. The first-order valence-corrected chi connectivity index (χ1v) is 13.8. The molecule has 4 nitrogen and oxygen atoms in total. The van der Waals surface area contributed by atoms with Crippen LogP contribution in [0.1, 0.15) is 44.6 Å². The number of ether oxygens (including phenoxy) is 2. The Kier molecular flexibility index (Phi) is 6.59. The zero-order chi connectivity index (χ0) is 28.1. The highest BCUT2D eigenvalue weighted by atomic mass is 32.1. The highest BCUT2D eigenvalue weighted by molar-refractivity contribution is 7.20. The third kappa shape index (κ3) is 4.61. The van der Waals surface area contributed by atoms with Crippen molar-refractivity contribution in [3.05, 3.63) is 88.9 Å². The van der Waals surface area contributed by atoms with Gasteiger partial charge in [-0.2, -0.15) is 0 Å². The summed E-state index contributed by atoms with van der Waals surface area (Å²) in [5.74, 6) is 0.311. The van der Waals surface area contributed by atoms with Crippen molar-refractivity contribution in [2.75, 3.05) is 6.61 Å². The molecule has 0 aliphatic heterocycles.